The zero-order chi connectivity index (χ0) is 25.7. The Morgan fingerprint density at radius 1 is 0.559 bits per heavy atom. The van der Waals surface area contributed by atoms with Crippen LogP contribution in [0.25, 0.3) is 0 Å². The molecule has 0 aliphatic heterocycles. The van der Waals surface area contributed by atoms with E-state index in [4.69, 9.17) is 15.2 Å². The highest BCUT2D eigenvalue weighted by molar-refractivity contribution is 5.25. The van der Waals surface area contributed by atoms with Crippen LogP contribution < -0.4 is 0 Å². The molecule has 0 radical (unpaired) electrons. The molecule has 34 heavy (non-hydrogen) atoms. The van der Waals surface area contributed by atoms with Crippen molar-refractivity contribution in [2.75, 3.05) is 0 Å². The summed E-state index contributed by atoms with van der Waals surface area (Å²) in [6.45, 7) is 28.1. The maximum Gasteiger partial charge on any atom is 0.0834 e. The average molecular weight is 464 g/mol. The van der Waals surface area contributed by atoms with Crippen molar-refractivity contribution >= 4 is 0 Å². The first-order chi connectivity index (χ1) is 15.4. The maximum absolute atomic E-state index is 5.03. The summed E-state index contributed by atoms with van der Waals surface area (Å²) >= 11 is 0. The second kappa shape index (κ2) is 8.66. The molecule has 0 saturated carbocycles. The summed E-state index contributed by atoms with van der Waals surface area (Å²) in [6, 6.07) is 10.8. The van der Waals surface area contributed by atoms with Gasteiger partial charge in [0, 0.05) is 33.0 Å². The Kier molecular flexibility index (Phi) is 6.67. The summed E-state index contributed by atoms with van der Waals surface area (Å²) in [5.41, 5.74) is 6.79. The van der Waals surface area contributed by atoms with Crippen LogP contribution in [0.2, 0.25) is 0 Å². The molecule has 0 aliphatic carbocycles. The summed E-state index contributed by atoms with van der Waals surface area (Å²) < 4.78 is 4.28. The Hall–Kier alpha value is -2.43. The van der Waals surface area contributed by atoms with Crippen LogP contribution in [-0.2, 0) is 34.7 Å². The van der Waals surface area contributed by atoms with Crippen molar-refractivity contribution in [2.45, 2.75) is 118 Å². The summed E-state index contributed by atoms with van der Waals surface area (Å²) in [7, 11) is 0. The lowest BCUT2D eigenvalue weighted by Crippen LogP contribution is -2.20. The number of hydrogen-bond donors (Lipinski definition) is 0. The second-order valence-corrected chi connectivity index (χ2v) is 13.8. The molecule has 3 aromatic rings. The molecule has 0 spiro atoms. The van der Waals surface area contributed by atoms with Gasteiger partial charge < -0.3 is 0 Å². The zero-order valence-corrected chi connectivity index (χ0v) is 23.5. The minimum Gasteiger partial charge on any atom is -0.263 e. The average Bonchev–Trinajstić information content (AvgIpc) is 3.25. The topological polar surface area (TPSA) is 48.5 Å². The molecule has 0 fully saturated rings. The van der Waals surface area contributed by atoms with E-state index in [0.29, 0.717) is 13.1 Å². The summed E-state index contributed by atoms with van der Waals surface area (Å²) in [5, 5.41) is 9.99. The predicted octanol–water partition coefficient (Wildman–Crippen LogP) is 6.76. The lowest BCUT2D eigenvalue weighted by atomic mass is 9.88. The van der Waals surface area contributed by atoms with Gasteiger partial charge in [-0.2, -0.15) is 10.2 Å². The minimum atomic E-state index is 0.00807. The van der Waals surface area contributed by atoms with Crippen molar-refractivity contribution < 1.29 is 0 Å². The highest BCUT2D eigenvalue weighted by Gasteiger charge is 2.27. The quantitative estimate of drug-likeness (QED) is 0.429. The van der Waals surface area contributed by atoms with Gasteiger partial charge in [-0.05, 0) is 24.3 Å². The third-order valence-electron chi connectivity index (χ3n) is 6.12. The highest BCUT2D eigenvalue weighted by atomic mass is 15.3. The third-order valence-corrected chi connectivity index (χ3v) is 6.12. The molecule has 0 saturated heterocycles. The predicted molar refractivity (Wildman–Crippen MR) is 142 cm³/mol. The molecule has 0 aromatic carbocycles. The molecule has 0 aliphatic rings. The summed E-state index contributed by atoms with van der Waals surface area (Å²) in [6.07, 6.45) is 0. The Labute approximate surface area is 207 Å². The summed E-state index contributed by atoms with van der Waals surface area (Å²) in [4.78, 5) is 5.03. The van der Waals surface area contributed by atoms with Crippen LogP contribution in [0.1, 0.15) is 117 Å². The van der Waals surface area contributed by atoms with E-state index >= 15 is 0 Å². The first-order valence-electron chi connectivity index (χ1n) is 12.5. The summed E-state index contributed by atoms with van der Waals surface area (Å²) in [5.74, 6) is 0. The van der Waals surface area contributed by atoms with Crippen molar-refractivity contribution in [1.29, 1.82) is 0 Å². The number of hydrogen-bond acceptors (Lipinski definition) is 3. The van der Waals surface area contributed by atoms with E-state index in [0.717, 1.165) is 22.8 Å². The maximum atomic E-state index is 5.03. The molecular formula is C29H45N5. The van der Waals surface area contributed by atoms with Gasteiger partial charge in [0.05, 0.1) is 35.9 Å². The Morgan fingerprint density at radius 3 is 1.21 bits per heavy atom. The number of pyridine rings is 1. The fraction of sp³-hybridized carbons (Fsp3) is 0.621. The van der Waals surface area contributed by atoms with Gasteiger partial charge in [-0.1, -0.05) is 89.2 Å². The van der Waals surface area contributed by atoms with E-state index in [1.165, 1.54) is 11.4 Å². The van der Waals surface area contributed by atoms with Crippen LogP contribution in [0.4, 0.5) is 0 Å². The van der Waals surface area contributed by atoms with Gasteiger partial charge in [0.15, 0.2) is 0 Å². The van der Waals surface area contributed by atoms with Gasteiger partial charge in [0.2, 0.25) is 0 Å². The first kappa shape index (κ1) is 26.2. The fourth-order valence-corrected chi connectivity index (χ4v) is 4.03. The van der Waals surface area contributed by atoms with Crippen LogP contribution in [0, 0.1) is 0 Å². The third kappa shape index (κ3) is 5.97. The highest BCUT2D eigenvalue weighted by Crippen LogP contribution is 2.30. The second-order valence-electron chi connectivity index (χ2n) is 13.8. The zero-order valence-electron chi connectivity index (χ0n) is 23.5. The standard InChI is InChI=1S/C29H45N5/c1-26(2,3)22-16-24(28(7,8)9)33(31-22)18-20-14-13-15-21(30-20)19-34-25(29(10,11)12)17-23(32-34)27(4,5)6/h13-17H,18-19H2,1-12H3. The molecule has 0 unspecified atom stereocenters. The Morgan fingerprint density at radius 2 is 0.912 bits per heavy atom. The number of aromatic nitrogens is 5. The van der Waals surface area contributed by atoms with E-state index < -0.39 is 0 Å². The van der Waals surface area contributed by atoms with Crippen molar-refractivity contribution in [3.8, 4) is 0 Å². The van der Waals surface area contributed by atoms with Gasteiger partial charge >= 0.3 is 0 Å². The van der Waals surface area contributed by atoms with Crippen LogP contribution in [0.15, 0.2) is 30.3 Å². The fourth-order valence-electron chi connectivity index (χ4n) is 4.03. The van der Waals surface area contributed by atoms with E-state index in [9.17, 15) is 0 Å². The molecule has 0 bridgehead atoms. The van der Waals surface area contributed by atoms with E-state index in [1.54, 1.807) is 0 Å². The molecule has 186 valence electrons. The van der Waals surface area contributed by atoms with E-state index in [2.05, 4.69) is 123 Å². The van der Waals surface area contributed by atoms with Crippen molar-refractivity contribution in [3.05, 3.63) is 64.5 Å². The van der Waals surface area contributed by atoms with Crippen LogP contribution in [0.3, 0.4) is 0 Å². The molecular weight excluding hydrogens is 418 g/mol. The van der Waals surface area contributed by atoms with Crippen LogP contribution in [0.5, 0.6) is 0 Å². The number of nitrogens with zero attached hydrogens (tertiary/aromatic N) is 5. The van der Waals surface area contributed by atoms with Crippen molar-refractivity contribution in [2.24, 2.45) is 0 Å². The lowest BCUT2D eigenvalue weighted by Gasteiger charge is -2.21. The van der Waals surface area contributed by atoms with Crippen molar-refractivity contribution in [1.82, 2.24) is 24.5 Å². The molecule has 5 heteroatoms. The smallest absolute Gasteiger partial charge is 0.0834 e. The Bertz CT molecular complexity index is 1050. The molecule has 3 aromatic heterocycles. The monoisotopic (exact) mass is 463 g/mol. The minimum absolute atomic E-state index is 0.00807. The molecule has 5 nitrogen and oxygen atoms in total. The van der Waals surface area contributed by atoms with Gasteiger partial charge in [-0.15, -0.1) is 0 Å². The molecule has 0 amide bonds. The van der Waals surface area contributed by atoms with Crippen molar-refractivity contribution in [3.63, 3.8) is 0 Å². The van der Waals surface area contributed by atoms with Crippen LogP contribution in [-0.4, -0.2) is 24.5 Å². The van der Waals surface area contributed by atoms with Gasteiger partial charge in [-0.3, -0.25) is 14.3 Å². The van der Waals surface area contributed by atoms with E-state index in [-0.39, 0.29) is 21.7 Å². The molecule has 3 heterocycles. The largest absolute Gasteiger partial charge is 0.263 e. The SMILES string of the molecule is CC(C)(C)c1cc(C(C)(C)C)n(Cc2cccc(Cn3nc(C(C)(C)C)cc3C(C)(C)C)n2)n1. The molecule has 3 rings (SSSR count). The first-order valence-corrected chi connectivity index (χ1v) is 12.5. The Balaban J connectivity index is 1.95. The number of rotatable bonds is 4. The normalized spacial score (nSPS) is 13.5. The van der Waals surface area contributed by atoms with Gasteiger partial charge in [-0.25, -0.2) is 0 Å². The van der Waals surface area contributed by atoms with Gasteiger partial charge in [0.25, 0.3) is 0 Å². The lowest BCUT2D eigenvalue weighted by molar-refractivity contribution is 0.487. The van der Waals surface area contributed by atoms with E-state index in [1.807, 2.05) is 0 Å². The van der Waals surface area contributed by atoms with Crippen LogP contribution >= 0.6 is 0 Å². The molecule has 0 N–H and O–H groups in total. The van der Waals surface area contributed by atoms with Gasteiger partial charge in [0.1, 0.15) is 0 Å². The molecule has 0 atom stereocenters.